The standard InChI is InChI=1S/C45H35Cl2FN4O6/c1-58-30-15-8-25(9-16-30)45-34(42(55)52(44(45)57)50-37-19-10-26(46)22-35(37)47)23-33-31(40(45)24-7-20-38(53)36(48)21-24)17-18-32-39(33)43(56)51(41(32)54)29-13-11-28(12-14-29)49-27-5-3-2-4-6-27/h2-17,19-22,32-34,39-40,49-50,53H,18,23H2,1H3/t32-,33+,34-,39-,40-,45+/m0/s1. The molecule has 3 N–H and O–H groups in total. The number of amides is 4. The molecule has 5 aromatic carbocycles. The lowest BCUT2D eigenvalue weighted by atomic mass is 9.49. The van der Waals surface area contributed by atoms with Crippen LogP contribution in [0, 0.1) is 29.5 Å². The van der Waals surface area contributed by atoms with Crippen molar-refractivity contribution >= 4 is 69.6 Å². The first-order chi connectivity index (χ1) is 28.0. The van der Waals surface area contributed by atoms with Gasteiger partial charge in [0.15, 0.2) is 11.6 Å². The molecule has 0 aromatic heterocycles. The van der Waals surface area contributed by atoms with E-state index in [2.05, 4.69) is 10.7 Å². The maximum absolute atomic E-state index is 15.5. The Kier molecular flexibility index (Phi) is 9.25. The fourth-order valence-corrected chi connectivity index (χ4v) is 10.0. The van der Waals surface area contributed by atoms with E-state index in [0.29, 0.717) is 33.2 Å². The number of nitrogens with one attached hydrogen (secondary N) is 2. The molecule has 0 radical (unpaired) electrons. The molecule has 13 heteroatoms. The molecule has 2 aliphatic carbocycles. The van der Waals surface area contributed by atoms with Gasteiger partial charge in [0.1, 0.15) is 5.75 Å². The molecule has 4 aliphatic rings. The lowest BCUT2D eigenvalue weighted by Gasteiger charge is -2.50. The van der Waals surface area contributed by atoms with E-state index >= 15 is 9.18 Å². The molecule has 9 rings (SSSR count). The van der Waals surface area contributed by atoms with Crippen LogP contribution in [0.1, 0.15) is 29.9 Å². The van der Waals surface area contributed by atoms with E-state index in [4.69, 9.17) is 27.9 Å². The van der Waals surface area contributed by atoms with Gasteiger partial charge in [-0.2, -0.15) is 5.01 Å². The number of carbonyl (C=O) groups excluding carboxylic acids is 4. The van der Waals surface area contributed by atoms with Crippen LogP contribution in [0.25, 0.3) is 0 Å². The number of hydrogen-bond acceptors (Lipinski definition) is 8. The van der Waals surface area contributed by atoms with Gasteiger partial charge in [-0.05, 0) is 109 Å². The van der Waals surface area contributed by atoms with Gasteiger partial charge in [0.25, 0.3) is 11.8 Å². The Morgan fingerprint density at radius 3 is 2.22 bits per heavy atom. The van der Waals surface area contributed by atoms with Crippen molar-refractivity contribution in [1.29, 1.82) is 0 Å². The Hall–Kier alpha value is -6.17. The summed E-state index contributed by atoms with van der Waals surface area (Å²) in [5, 5.41) is 15.1. The molecule has 1 saturated carbocycles. The highest BCUT2D eigenvalue weighted by Crippen LogP contribution is 2.64. The number of rotatable bonds is 8. The zero-order valence-corrected chi connectivity index (χ0v) is 32.4. The number of aromatic hydroxyl groups is 1. The third-order valence-corrected chi connectivity index (χ3v) is 12.6. The number of hydrazine groups is 1. The number of methoxy groups -OCH3 is 1. The summed E-state index contributed by atoms with van der Waals surface area (Å²) in [6, 6.07) is 31.9. The zero-order valence-electron chi connectivity index (χ0n) is 30.9. The SMILES string of the molecule is COc1ccc([C@@]23C(=O)N(Nc4ccc(Cl)cc4Cl)C(=O)[C@@H]2C[C@@H]2C(=CC[C@@H]4C(=O)N(c5ccc(Nc6ccccc6)cc5)C(=O)[C@@H]42)[C@@H]3c2ccc(O)c(F)c2)cc1. The van der Waals surface area contributed by atoms with Crippen LogP contribution < -0.4 is 20.4 Å². The van der Waals surface area contributed by atoms with Crippen LogP contribution in [0.5, 0.6) is 11.5 Å². The molecule has 0 unspecified atom stereocenters. The highest BCUT2D eigenvalue weighted by atomic mass is 35.5. The van der Waals surface area contributed by atoms with E-state index in [1.807, 2.05) is 36.4 Å². The second-order valence-corrected chi connectivity index (χ2v) is 15.8. The fraction of sp³-hybridized carbons (Fsp3) is 0.200. The molecule has 5 aromatic rings. The number of para-hydroxylation sites is 1. The fourth-order valence-electron chi connectivity index (χ4n) is 9.56. The highest BCUT2D eigenvalue weighted by molar-refractivity contribution is 6.36. The van der Waals surface area contributed by atoms with E-state index < -0.39 is 64.3 Å². The second-order valence-electron chi connectivity index (χ2n) is 15.0. The van der Waals surface area contributed by atoms with Crippen molar-refractivity contribution < 1.29 is 33.4 Å². The van der Waals surface area contributed by atoms with Gasteiger partial charge in [-0.25, -0.2) is 4.39 Å². The number of benzene rings is 5. The van der Waals surface area contributed by atoms with E-state index in [1.165, 1.54) is 36.3 Å². The Labute approximate surface area is 342 Å². The van der Waals surface area contributed by atoms with Crippen molar-refractivity contribution in [1.82, 2.24) is 5.01 Å². The van der Waals surface area contributed by atoms with Crippen molar-refractivity contribution in [3.05, 3.63) is 154 Å². The summed E-state index contributed by atoms with van der Waals surface area (Å²) in [7, 11) is 1.51. The summed E-state index contributed by atoms with van der Waals surface area (Å²) >= 11 is 12.7. The first-order valence-electron chi connectivity index (χ1n) is 18.7. The highest BCUT2D eigenvalue weighted by Gasteiger charge is 2.70. The number of nitrogens with zero attached hydrogens (tertiary/aromatic N) is 2. The number of hydrogen-bond donors (Lipinski definition) is 3. The van der Waals surface area contributed by atoms with Crippen LogP contribution in [0.3, 0.4) is 0 Å². The normalized spacial score (nSPS) is 24.9. The first kappa shape index (κ1) is 37.4. The van der Waals surface area contributed by atoms with Crippen LogP contribution >= 0.6 is 23.2 Å². The van der Waals surface area contributed by atoms with Crippen LogP contribution in [-0.4, -0.2) is 40.9 Å². The van der Waals surface area contributed by atoms with Crippen LogP contribution in [-0.2, 0) is 24.6 Å². The minimum atomic E-state index is -1.68. The van der Waals surface area contributed by atoms with Crippen molar-refractivity contribution in [2.45, 2.75) is 24.2 Å². The largest absolute Gasteiger partial charge is 0.505 e. The molecule has 6 atom stereocenters. The van der Waals surface area contributed by atoms with Crippen molar-refractivity contribution in [3.63, 3.8) is 0 Å². The minimum Gasteiger partial charge on any atom is -0.505 e. The first-order valence-corrected chi connectivity index (χ1v) is 19.5. The average molecular weight is 818 g/mol. The Morgan fingerprint density at radius 1 is 0.810 bits per heavy atom. The summed E-state index contributed by atoms with van der Waals surface area (Å²) < 4.78 is 20.9. The predicted octanol–water partition coefficient (Wildman–Crippen LogP) is 8.78. The Bertz CT molecular complexity index is 2540. The predicted molar refractivity (Wildman–Crippen MR) is 217 cm³/mol. The van der Waals surface area contributed by atoms with Crippen molar-refractivity contribution in [2.24, 2.45) is 23.7 Å². The number of fused-ring (bicyclic) bond motifs is 4. The molecule has 58 heavy (non-hydrogen) atoms. The lowest BCUT2D eigenvalue weighted by Crippen LogP contribution is -2.53. The third kappa shape index (κ3) is 5.82. The quantitative estimate of drug-likeness (QED) is 0.105. The molecule has 2 aliphatic heterocycles. The maximum Gasteiger partial charge on any atom is 0.260 e. The van der Waals surface area contributed by atoms with Crippen LogP contribution in [0.4, 0.5) is 27.1 Å². The van der Waals surface area contributed by atoms with Crippen molar-refractivity contribution in [2.75, 3.05) is 22.8 Å². The minimum absolute atomic E-state index is 0.0278. The lowest BCUT2D eigenvalue weighted by molar-refractivity contribution is -0.138. The smallest absolute Gasteiger partial charge is 0.260 e. The summed E-state index contributed by atoms with van der Waals surface area (Å²) in [4.78, 5) is 60.5. The molecule has 292 valence electrons. The topological polar surface area (TPSA) is 128 Å². The summed E-state index contributed by atoms with van der Waals surface area (Å²) in [6.07, 6.45) is 2.09. The van der Waals surface area contributed by atoms with E-state index in [9.17, 15) is 19.5 Å². The molecule has 0 bridgehead atoms. The van der Waals surface area contributed by atoms with Gasteiger partial charge < -0.3 is 15.2 Å². The van der Waals surface area contributed by atoms with Gasteiger partial charge in [0.2, 0.25) is 11.8 Å². The monoisotopic (exact) mass is 816 g/mol. The summed E-state index contributed by atoms with van der Waals surface area (Å²) in [6.45, 7) is 0. The van der Waals surface area contributed by atoms with Crippen LogP contribution in [0.2, 0.25) is 10.0 Å². The number of anilines is 4. The number of ether oxygens (including phenoxy) is 1. The number of imide groups is 2. The van der Waals surface area contributed by atoms with Gasteiger partial charge in [-0.15, -0.1) is 0 Å². The molecule has 0 spiro atoms. The zero-order chi connectivity index (χ0) is 40.5. The maximum atomic E-state index is 15.5. The second kappa shape index (κ2) is 14.3. The molecule has 2 heterocycles. The van der Waals surface area contributed by atoms with Gasteiger partial charge in [0, 0.05) is 22.3 Å². The van der Waals surface area contributed by atoms with Gasteiger partial charge in [-0.3, -0.25) is 29.5 Å². The number of phenols is 1. The number of halogens is 3. The Morgan fingerprint density at radius 2 is 1.53 bits per heavy atom. The van der Waals surface area contributed by atoms with Gasteiger partial charge in [0.05, 0.1) is 46.7 Å². The number of allylic oxidation sites excluding steroid dienone is 2. The number of carbonyl (C=O) groups is 4. The van der Waals surface area contributed by atoms with Gasteiger partial charge >= 0.3 is 0 Å². The molecular formula is C45H35Cl2FN4O6. The number of phenolic OH excluding ortho intramolecular Hbond substituents is 1. The van der Waals surface area contributed by atoms with E-state index in [0.717, 1.165) is 16.4 Å². The molecule has 3 fully saturated rings. The van der Waals surface area contributed by atoms with Crippen molar-refractivity contribution in [3.8, 4) is 11.5 Å². The third-order valence-electron chi connectivity index (χ3n) is 12.1. The van der Waals surface area contributed by atoms with Gasteiger partial charge in [-0.1, -0.05) is 71.2 Å². The van der Waals surface area contributed by atoms with E-state index in [-0.39, 0.29) is 29.5 Å². The molecular weight excluding hydrogens is 782 g/mol. The van der Waals surface area contributed by atoms with E-state index in [1.54, 1.807) is 60.7 Å². The van der Waals surface area contributed by atoms with Crippen LogP contribution in [0.15, 0.2) is 127 Å². The average Bonchev–Trinajstić information content (AvgIpc) is 3.61. The molecule has 10 nitrogen and oxygen atoms in total. The molecule has 4 amide bonds. The molecule has 2 saturated heterocycles. The Balaban J connectivity index is 1.16. The summed E-state index contributed by atoms with van der Waals surface area (Å²) in [5.41, 5.74) is 4.98. The summed E-state index contributed by atoms with van der Waals surface area (Å²) in [5.74, 6) is -7.39.